The lowest BCUT2D eigenvalue weighted by Gasteiger charge is -2.18. The van der Waals surface area contributed by atoms with E-state index in [4.69, 9.17) is 0 Å². The number of allylic oxidation sites excluding steroid dienone is 1. The highest BCUT2D eigenvalue weighted by Crippen LogP contribution is 2.47. The molecule has 0 saturated carbocycles. The smallest absolute Gasteiger partial charge is 0.0556 e. The maximum absolute atomic E-state index is 2.51. The first-order valence-corrected chi connectivity index (χ1v) is 19.6. The highest BCUT2D eigenvalue weighted by molar-refractivity contribution is 7.26. The first kappa shape index (κ1) is 28.7. The zero-order valence-electron chi connectivity index (χ0n) is 28.1. The third kappa shape index (κ3) is 3.83. The molecule has 4 heteroatoms. The number of thiophene rings is 2. The van der Waals surface area contributed by atoms with Crippen LogP contribution in [0.1, 0.15) is 16.9 Å². The minimum atomic E-state index is 1.12. The monoisotopic (exact) mass is 698 g/mol. The quantitative estimate of drug-likeness (QED) is 0.174. The van der Waals surface area contributed by atoms with Crippen LogP contribution >= 0.6 is 22.7 Å². The van der Waals surface area contributed by atoms with Crippen molar-refractivity contribution in [2.24, 2.45) is 0 Å². The van der Waals surface area contributed by atoms with Gasteiger partial charge < -0.3 is 9.13 Å². The molecule has 4 heterocycles. The molecular formula is C48H30N2S2. The number of aromatic nitrogens is 2. The van der Waals surface area contributed by atoms with Gasteiger partial charge in [0.05, 0.1) is 33.4 Å². The van der Waals surface area contributed by atoms with Crippen LogP contribution in [0.25, 0.3) is 102 Å². The molecule has 0 fully saturated rings. The Bertz CT molecular complexity index is 3310. The first-order valence-electron chi connectivity index (χ1n) is 18.0. The SMILES string of the molecule is C1=Cc2c(sc3c2ccc2c3c3ccccc3n2-c2ccccc2-c2ccccc2-n2c3ccccc3c3c4sc5ccccc5c4ccc32)CC1. The normalized spacial score (nSPS) is 13.2. The molecule has 1 aliphatic rings. The standard InChI is InChI=1S/C48H30N2S2/c1-7-19-37(49-39-21-9-3-17-35(39)45-41(49)27-25-33-31-15-5-11-23-43(31)51-47(33)45)29(13-1)30-14-2-8-20-38(30)50-40-22-10-4-18-36(40)46-42(50)28-26-34-32-16-6-12-24-44(32)52-48(34)46/h1-11,13-23,25-28H,12,24H2. The van der Waals surface area contributed by atoms with Crippen molar-refractivity contribution in [3.8, 4) is 22.5 Å². The summed E-state index contributed by atoms with van der Waals surface area (Å²) in [5, 5.41) is 9.33. The summed E-state index contributed by atoms with van der Waals surface area (Å²) < 4.78 is 9.10. The van der Waals surface area contributed by atoms with Crippen molar-refractivity contribution in [2.45, 2.75) is 12.8 Å². The fraction of sp³-hybridized carbons (Fsp3) is 0.0417. The summed E-state index contributed by atoms with van der Waals surface area (Å²) in [5.41, 5.74) is 11.2. The van der Waals surface area contributed by atoms with Crippen molar-refractivity contribution in [1.29, 1.82) is 0 Å². The first-order chi connectivity index (χ1) is 25.8. The van der Waals surface area contributed by atoms with Crippen LogP contribution in [0.5, 0.6) is 0 Å². The van der Waals surface area contributed by atoms with Gasteiger partial charge in [0, 0.05) is 67.8 Å². The van der Waals surface area contributed by atoms with Crippen molar-refractivity contribution in [1.82, 2.24) is 9.13 Å². The van der Waals surface area contributed by atoms with Crippen LogP contribution in [0.15, 0.2) is 152 Å². The van der Waals surface area contributed by atoms with E-state index in [1.165, 1.54) is 107 Å². The molecule has 12 rings (SSSR count). The summed E-state index contributed by atoms with van der Waals surface area (Å²) in [7, 11) is 0. The van der Waals surface area contributed by atoms with Gasteiger partial charge in [-0.25, -0.2) is 0 Å². The van der Waals surface area contributed by atoms with E-state index in [9.17, 15) is 0 Å². The predicted molar refractivity (Wildman–Crippen MR) is 226 cm³/mol. The van der Waals surface area contributed by atoms with Gasteiger partial charge in [-0.2, -0.15) is 0 Å². The van der Waals surface area contributed by atoms with Crippen LogP contribution in [0.3, 0.4) is 0 Å². The number of hydrogen-bond acceptors (Lipinski definition) is 2. The Kier molecular flexibility index (Phi) is 5.96. The van der Waals surface area contributed by atoms with E-state index in [0.29, 0.717) is 0 Å². The molecule has 0 N–H and O–H groups in total. The van der Waals surface area contributed by atoms with Crippen molar-refractivity contribution in [3.63, 3.8) is 0 Å². The topological polar surface area (TPSA) is 9.86 Å². The van der Waals surface area contributed by atoms with Gasteiger partial charge in [-0.3, -0.25) is 0 Å². The van der Waals surface area contributed by atoms with Crippen LogP contribution < -0.4 is 0 Å². The van der Waals surface area contributed by atoms with Gasteiger partial charge in [-0.15, -0.1) is 22.7 Å². The average molecular weight is 699 g/mol. The molecule has 244 valence electrons. The second-order valence-corrected chi connectivity index (χ2v) is 16.0. The van der Waals surface area contributed by atoms with Gasteiger partial charge in [-0.1, -0.05) is 115 Å². The van der Waals surface area contributed by atoms with Gasteiger partial charge in [0.2, 0.25) is 0 Å². The molecular weight excluding hydrogens is 669 g/mol. The van der Waals surface area contributed by atoms with Crippen LogP contribution in [0.2, 0.25) is 0 Å². The second kappa shape index (κ2) is 10.8. The van der Waals surface area contributed by atoms with E-state index in [1.54, 1.807) is 0 Å². The minimum Gasteiger partial charge on any atom is -0.309 e. The Labute approximate surface area is 307 Å². The molecule has 11 aromatic rings. The summed E-state index contributed by atoms with van der Waals surface area (Å²) >= 11 is 3.90. The van der Waals surface area contributed by atoms with Gasteiger partial charge in [0.25, 0.3) is 0 Å². The summed E-state index contributed by atoms with van der Waals surface area (Å²) in [4.78, 5) is 1.51. The molecule has 0 atom stereocenters. The Balaban J connectivity index is 1.15. The lowest BCUT2D eigenvalue weighted by atomic mass is 10.0. The van der Waals surface area contributed by atoms with Crippen molar-refractivity contribution < 1.29 is 0 Å². The number of para-hydroxylation sites is 4. The molecule has 0 aliphatic heterocycles. The maximum atomic E-state index is 2.51. The molecule has 0 bridgehead atoms. The van der Waals surface area contributed by atoms with Crippen LogP contribution in [0.4, 0.5) is 0 Å². The molecule has 1 aliphatic carbocycles. The van der Waals surface area contributed by atoms with E-state index < -0.39 is 0 Å². The average Bonchev–Trinajstić information content (AvgIpc) is 3.95. The number of nitrogens with zero attached hydrogens (tertiary/aromatic N) is 2. The largest absolute Gasteiger partial charge is 0.309 e. The molecule has 0 unspecified atom stereocenters. The van der Waals surface area contributed by atoms with Gasteiger partial charge in [0.15, 0.2) is 0 Å². The molecule has 0 radical (unpaired) electrons. The van der Waals surface area contributed by atoms with Crippen molar-refractivity contribution >= 4 is 103 Å². The van der Waals surface area contributed by atoms with E-state index in [1.807, 2.05) is 22.7 Å². The molecule has 0 amide bonds. The summed E-state index contributed by atoms with van der Waals surface area (Å²) in [6.45, 7) is 0. The van der Waals surface area contributed by atoms with Crippen LogP contribution in [0, 0.1) is 0 Å². The molecule has 4 aromatic heterocycles. The molecule has 2 nitrogen and oxygen atoms in total. The highest BCUT2D eigenvalue weighted by Gasteiger charge is 2.23. The van der Waals surface area contributed by atoms with Gasteiger partial charge in [0.1, 0.15) is 0 Å². The Hall–Kier alpha value is -5.94. The molecule has 7 aromatic carbocycles. The zero-order chi connectivity index (χ0) is 33.9. The number of hydrogen-bond donors (Lipinski definition) is 0. The molecule has 0 saturated heterocycles. The van der Waals surface area contributed by atoms with Gasteiger partial charge >= 0.3 is 0 Å². The predicted octanol–water partition coefficient (Wildman–Crippen LogP) is 14.1. The fourth-order valence-corrected chi connectivity index (χ4v) is 11.6. The number of benzene rings is 7. The number of rotatable bonds is 3. The highest BCUT2D eigenvalue weighted by atomic mass is 32.1. The third-order valence-electron chi connectivity index (χ3n) is 11.2. The van der Waals surface area contributed by atoms with E-state index in [-0.39, 0.29) is 0 Å². The van der Waals surface area contributed by atoms with Crippen molar-refractivity contribution in [3.05, 3.63) is 162 Å². The van der Waals surface area contributed by atoms with E-state index in [2.05, 4.69) is 167 Å². The lowest BCUT2D eigenvalue weighted by molar-refractivity contribution is 1.02. The summed E-state index contributed by atoms with van der Waals surface area (Å²) in [5.74, 6) is 0. The van der Waals surface area contributed by atoms with Crippen LogP contribution in [-0.4, -0.2) is 9.13 Å². The third-order valence-corrected chi connectivity index (χ3v) is 13.7. The van der Waals surface area contributed by atoms with E-state index >= 15 is 0 Å². The maximum Gasteiger partial charge on any atom is 0.0556 e. The second-order valence-electron chi connectivity index (χ2n) is 13.9. The Morgan fingerprint density at radius 3 is 1.63 bits per heavy atom. The Morgan fingerprint density at radius 1 is 0.423 bits per heavy atom. The lowest BCUT2D eigenvalue weighted by Crippen LogP contribution is -2.01. The number of aryl methyl sites for hydroxylation is 1. The minimum absolute atomic E-state index is 1.12. The van der Waals surface area contributed by atoms with Crippen LogP contribution in [-0.2, 0) is 6.42 Å². The van der Waals surface area contributed by atoms with Crippen molar-refractivity contribution in [2.75, 3.05) is 0 Å². The zero-order valence-corrected chi connectivity index (χ0v) is 29.8. The van der Waals surface area contributed by atoms with E-state index in [0.717, 1.165) is 12.8 Å². The summed E-state index contributed by atoms with van der Waals surface area (Å²) in [6, 6.07) is 54.1. The summed E-state index contributed by atoms with van der Waals surface area (Å²) in [6.07, 6.45) is 6.92. The number of fused-ring (bicyclic) bond motifs is 14. The Morgan fingerprint density at radius 2 is 0.962 bits per heavy atom. The molecule has 52 heavy (non-hydrogen) atoms. The van der Waals surface area contributed by atoms with Gasteiger partial charge in [-0.05, 0) is 60.9 Å². The fourth-order valence-electron chi connectivity index (χ4n) is 9.01. The molecule has 0 spiro atoms.